The molecule has 114 valence electrons. The number of nitrogens with zero attached hydrogens (tertiary/aromatic N) is 3. The third-order valence-electron chi connectivity index (χ3n) is 3.39. The number of hydrogen-bond donors (Lipinski definition) is 1. The van der Waals surface area contributed by atoms with E-state index in [2.05, 4.69) is 14.8 Å². The quantitative estimate of drug-likeness (QED) is 0.572. The number of carbonyl (C=O) groups is 1. The average molecular weight is 318 g/mol. The summed E-state index contributed by atoms with van der Waals surface area (Å²) >= 11 is 1.17. The number of thiophene rings is 1. The first kappa shape index (κ1) is 14.5. The van der Waals surface area contributed by atoms with Gasteiger partial charge >= 0.3 is 5.69 Å². The second-order valence-corrected chi connectivity index (χ2v) is 6.25. The van der Waals surface area contributed by atoms with Crippen LogP contribution in [0, 0.1) is 0 Å². The summed E-state index contributed by atoms with van der Waals surface area (Å²) in [5, 5.41) is 15.8. The Labute approximate surface area is 130 Å². The summed E-state index contributed by atoms with van der Waals surface area (Å²) in [6, 6.07) is 3.74. The fourth-order valence-corrected chi connectivity index (χ4v) is 3.21. The molecule has 3 aromatic rings. The summed E-state index contributed by atoms with van der Waals surface area (Å²) < 4.78 is 5.60. The van der Waals surface area contributed by atoms with E-state index in [9.17, 15) is 9.90 Å². The minimum absolute atomic E-state index is 0.151. The Kier molecular flexibility index (Phi) is 3.32. The SMILES string of the molecule is CC(C)c1ccc2c(N)c(C(=O)c3c([O-])on[n+]3C)sc2n1. The van der Waals surface area contributed by atoms with Gasteiger partial charge in [-0.2, -0.15) is 0 Å². The number of hydrogen-bond acceptors (Lipinski definition) is 7. The standard InChI is InChI=1S/C14H14N4O3S/c1-6(2)8-5-4-7-9(15)12(22-13(7)16-8)11(19)10-14(20)21-17-18(10)3/h4-6H,1-3H3,(H2-,15,17,19,20). The largest absolute Gasteiger partial charge is 0.539 e. The Balaban J connectivity index is 2.15. The van der Waals surface area contributed by atoms with Gasteiger partial charge in [-0.3, -0.25) is 4.79 Å². The number of fused-ring (bicyclic) bond motifs is 1. The van der Waals surface area contributed by atoms with Crippen molar-refractivity contribution in [3.8, 4) is 5.95 Å². The fraction of sp³-hybridized carbons (Fsp3) is 0.286. The van der Waals surface area contributed by atoms with E-state index in [4.69, 9.17) is 5.73 Å². The van der Waals surface area contributed by atoms with Gasteiger partial charge in [-0.05, 0) is 18.1 Å². The molecule has 22 heavy (non-hydrogen) atoms. The molecule has 3 heterocycles. The summed E-state index contributed by atoms with van der Waals surface area (Å²) in [7, 11) is 1.47. The van der Waals surface area contributed by atoms with Crippen molar-refractivity contribution in [3.05, 3.63) is 28.4 Å². The predicted octanol–water partition coefficient (Wildman–Crippen LogP) is 1.12. The minimum Gasteiger partial charge on any atom is -0.539 e. The highest BCUT2D eigenvalue weighted by atomic mass is 32.1. The van der Waals surface area contributed by atoms with Gasteiger partial charge in [0.15, 0.2) is 13.0 Å². The van der Waals surface area contributed by atoms with Crippen molar-refractivity contribution < 1.29 is 19.1 Å². The van der Waals surface area contributed by atoms with Crippen molar-refractivity contribution >= 4 is 33.0 Å². The Bertz CT molecular complexity index is 862. The summed E-state index contributed by atoms with van der Waals surface area (Å²) in [5.41, 5.74) is 7.16. The molecule has 0 aliphatic carbocycles. The highest BCUT2D eigenvalue weighted by molar-refractivity contribution is 7.21. The number of carbonyl (C=O) groups excluding carboxylic acids is 1. The number of rotatable bonds is 3. The molecule has 0 spiro atoms. The normalized spacial score (nSPS) is 11.5. The van der Waals surface area contributed by atoms with Crippen LogP contribution in [0.1, 0.15) is 40.8 Å². The highest BCUT2D eigenvalue weighted by Gasteiger charge is 2.28. The van der Waals surface area contributed by atoms with E-state index in [1.165, 1.54) is 18.4 Å². The molecule has 2 N–H and O–H groups in total. The minimum atomic E-state index is -0.778. The Morgan fingerprint density at radius 2 is 2.18 bits per heavy atom. The van der Waals surface area contributed by atoms with E-state index in [-0.39, 0.29) is 16.5 Å². The summed E-state index contributed by atoms with van der Waals surface area (Å²) in [6.07, 6.45) is 0. The van der Waals surface area contributed by atoms with Crippen molar-refractivity contribution in [3.63, 3.8) is 0 Å². The first-order chi connectivity index (χ1) is 10.4. The molecule has 0 saturated carbocycles. The van der Waals surface area contributed by atoms with Gasteiger partial charge in [0.25, 0.3) is 5.78 Å². The molecule has 0 radical (unpaired) electrons. The molecular formula is C14H14N4O3S. The number of ketones is 1. The summed E-state index contributed by atoms with van der Waals surface area (Å²) in [5.74, 6) is -1.00. The second kappa shape index (κ2) is 5.06. The number of nitrogen functional groups attached to an aromatic ring is 1. The molecule has 0 bridgehead atoms. The fourth-order valence-electron chi connectivity index (χ4n) is 2.16. The number of aromatic nitrogens is 3. The van der Waals surface area contributed by atoms with Gasteiger partial charge in [0, 0.05) is 11.1 Å². The molecule has 0 aliphatic rings. The first-order valence-corrected chi connectivity index (χ1v) is 7.48. The van der Waals surface area contributed by atoms with Crippen molar-refractivity contribution in [2.45, 2.75) is 19.8 Å². The van der Waals surface area contributed by atoms with Gasteiger partial charge in [0.2, 0.25) is 0 Å². The van der Waals surface area contributed by atoms with Crippen LogP contribution in [0.2, 0.25) is 0 Å². The van der Waals surface area contributed by atoms with Gasteiger partial charge in [-0.25, -0.2) is 4.98 Å². The molecule has 0 saturated heterocycles. The van der Waals surface area contributed by atoms with Crippen LogP contribution in [-0.2, 0) is 7.05 Å². The molecule has 0 unspecified atom stereocenters. The van der Waals surface area contributed by atoms with Crippen LogP contribution in [0.5, 0.6) is 5.95 Å². The van der Waals surface area contributed by atoms with Gasteiger partial charge in [-0.1, -0.05) is 18.5 Å². The van der Waals surface area contributed by atoms with Crippen LogP contribution in [0.4, 0.5) is 5.69 Å². The number of pyridine rings is 1. The van der Waals surface area contributed by atoms with Crippen molar-refractivity contribution in [1.82, 2.24) is 10.3 Å². The molecule has 0 amide bonds. The summed E-state index contributed by atoms with van der Waals surface area (Å²) in [6.45, 7) is 4.08. The average Bonchev–Trinajstić information content (AvgIpc) is 2.98. The van der Waals surface area contributed by atoms with Crippen LogP contribution in [0.25, 0.3) is 10.2 Å². The second-order valence-electron chi connectivity index (χ2n) is 5.25. The summed E-state index contributed by atoms with van der Waals surface area (Å²) in [4.78, 5) is 18.0. The van der Waals surface area contributed by atoms with E-state index in [1.807, 2.05) is 26.0 Å². The van der Waals surface area contributed by atoms with E-state index in [0.29, 0.717) is 15.9 Å². The van der Waals surface area contributed by atoms with Crippen molar-refractivity contribution in [1.29, 1.82) is 0 Å². The molecule has 7 nitrogen and oxygen atoms in total. The van der Waals surface area contributed by atoms with Crippen molar-refractivity contribution in [2.75, 3.05) is 5.73 Å². The molecule has 0 atom stereocenters. The Hall–Kier alpha value is -2.48. The van der Waals surface area contributed by atoms with E-state index in [0.717, 1.165) is 10.4 Å². The zero-order valence-electron chi connectivity index (χ0n) is 12.3. The lowest BCUT2D eigenvalue weighted by Gasteiger charge is -2.02. The number of anilines is 1. The molecule has 3 aromatic heterocycles. The third-order valence-corrected chi connectivity index (χ3v) is 4.51. The molecule has 0 aliphatic heterocycles. The van der Waals surface area contributed by atoms with Crippen molar-refractivity contribution in [2.24, 2.45) is 7.05 Å². The predicted molar refractivity (Wildman–Crippen MR) is 78.7 cm³/mol. The maximum absolute atomic E-state index is 12.5. The number of aryl methyl sites for hydroxylation is 1. The molecule has 3 rings (SSSR count). The van der Waals surface area contributed by atoms with E-state index >= 15 is 0 Å². The molecule has 8 heteroatoms. The van der Waals surface area contributed by atoms with Crippen LogP contribution < -0.4 is 15.5 Å². The van der Waals surface area contributed by atoms with Gasteiger partial charge in [-0.15, -0.1) is 11.3 Å². The maximum atomic E-state index is 12.5. The van der Waals surface area contributed by atoms with Gasteiger partial charge in [0.05, 0.1) is 11.0 Å². The van der Waals surface area contributed by atoms with Crippen LogP contribution >= 0.6 is 11.3 Å². The van der Waals surface area contributed by atoms with Crippen LogP contribution in [0.15, 0.2) is 16.7 Å². The first-order valence-electron chi connectivity index (χ1n) is 6.66. The van der Waals surface area contributed by atoms with Gasteiger partial charge < -0.3 is 15.4 Å². The topological polar surface area (TPSA) is 109 Å². The number of nitrogens with two attached hydrogens (primary N) is 1. The van der Waals surface area contributed by atoms with E-state index in [1.54, 1.807) is 0 Å². The highest BCUT2D eigenvalue weighted by Crippen LogP contribution is 2.35. The Morgan fingerprint density at radius 3 is 2.77 bits per heavy atom. The zero-order chi connectivity index (χ0) is 16.0. The van der Waals surface area contributed by atoms with Crippen LogP contribution in [0.3, 0.4) is 0 Å². The lowest BCUT2D eigenvalue weighted by atomic mass is 10.1. The zero-order valence-corrected chi connectivity index (χ0v) is 13.1. The molecule has 0 aromatic carbocycles. The smallest absolute Gasteiger partial charge is 0.305 e. The van der Waals surface area contributed by atoms with E-state index < -0.39 is 11.7 Å². The lowest BCUT2D eigenvalue weighted by molar-refractivity contribution is -0.741. The van der Waals surface area contributed by atoms with Crippen LogP contribution in [-0.4, -0.2) is 16.0 Å². The molecule has 0 fully saturated rings. The monoisotopic (exact) mass is 318 g/mol. The lowest BCUT2D eigenvalue weighted by Crippen LogP contribution is -2.37. The maximum Gasteiger partial charge on any atom is 0.305 e. The molecular weight excluding hydrogens is 304 g/mol. The van der Waals surface area contributed by atoms with Gasteiger partial charge in [0.1, 0.15) is 9.71 Å². The Morgan fingerprint density at radius 1 is 1.45 bits per heavy atom. The third kappa shape index (κ3) is 2.12.